The van der Waals surface area contributed by atoms with Crippen molar-refractivity contribution >= 4 is 21.8 Å². The van der Waals surface area contributed by atoms with Crippen molar-refractivity contribution < 1.29 is 17.6 Å². The Morgan fingerprint density at radius 2 is 1.96 bits per heavy atom. The van der Waals surface area contributed by atoms with Gasteiger partial charge in [0.2, 0.25) is 0 Å². The molecule has 1 aromatic rings. The van der Waals surface area contributed by atoms with E-state index in [4.69, 9.17) is 4.42 Å². The highest BCUT2D eigenvalue weighted by Gasteiger charge is 2.37. The predicted molar refractivity (Wildman–Crippen MR) is 89.6 cm³/mol. The van der Waals surface area contributed by atoms with Gasteiger partial charge in [-0.2, -0.15) is 8.42 Å². The number of furan rings is 1. The van der Waals surface area contributed by atoms with Crippen LogP contribution in [0.2, 0.25) is 0 Å². The van der Waals surface area contributed by atoms with E-state index in [0.717, 1.165) is 23.6 Å². The van der Waals surface area contributed by atoms with Crippen molar-refractivity contribution in [3.05, 3.63) is 35.9 Å². The van der Waals surface area contributed by atoms with Crippen molar-refractivity contribution in [2.45, 2.75) is 45.2 Å². The molecule has 0 aliphatic carbocycles. The minimum Gasteiger partial charge on any atom is -0.463 e. The number of amides is 1. The summed E-state index contributed by atoms with van der Waals surface area (Å²) < 4.78 is 34.6. The molecule has 3 rings (SSSR count). The fourth-order valence-corrected chi connectivity index (χ4v) is 4.14. The van der Waals surface area contributed by atoms with Gasteiger partial charge in [-0.25, -0.2) is 4.31 Å². The molecule has 130 valence electrons. The van der Waals surface area contributed by atoms with Gasteiger partial charge >= 0.3 is 10.2 Å². The molecule has 2 aliphatic rings. The van der Waals surface area contributed by atoms with Crippen molar-refractivity contribution in [3.8, 4) is 0 Å². The lowest BCUT2D eigenvalue weighted by molar-refractivity contribution is -0.134. The van der Waals surface area contributed by atoms with E-state index in [1.807, 2.05) is 13.8 Å². The van der Waals surface area contributed by atoms with Gasteiger partial charge < -0.3 is 9.32 Å². The topological polar surface area (TPSA) is 83.2 Å². The van der Waals surface area contributed by atoms with E-state index in [-0.39, 0.29) is 29.4 Å². The predicted octanol–water partition coefficient (Wildman–Crippen LogP) is 1.93. The smallest absolute Gasteiger partial charge is 0.345 e. The van der Waals surface area contributed by atoms with Gasteiger partial charge in [0.1, 0.15) is 11.4 Å². The quantitative estimate of drug-likeness (QED) is 0.815. The molecule has 0 bridgehead atoms. The zero-order chi connectivity index (χ0) is 17.5. The molecule has 2 aliphatic heterocycles. The highest BCUT2D eigenvalue weighted by Crippen LogP contribution is 2.27. The first kappa shape index (κ1) is 16.8. The molecule has 0 N–H and O–H groups in total. The SMILES string of the molecule is C[C@@H]1CCC[C@H](C)N1C(=O)C1=CC(c2ccco2)=NS(=O)(=O)N1C. The molecule has 1 saturated heterocycles. The summed E-state index contributed by atoms with van der Waals surface area (Å²) in [7, 11) is -2.61. The summed E-state index contributed by atoms with van der Waals surface area (Å²) in [6, 6.07) is 3.41. The fourth-order valence-electron chi connectivity index (χ4n) is 3.25. The first-order valence-electron chi connectivity index (χ1n) is 7.98. The average Bonchev–Trinajstić information content (AvgIpc) is 3.03. The van der Waals surface area contributed by atoms with Crippen LogP contribution in [0.1, 0.15) is 38.9 Å². The Bertz CT molecular complexity index is 785. The van der Waals surface area contributed by atoms with Gasteiger partial charge in [-0.05, 0) is 51.3 Å². The second-order valence-electron chi connectivity index (χ2n) is 6.27. The average molecular weight is 351 g/mol. The number of carbonyl (C=O) groups is 1. The normalized spacial score (nSPS) is 26.8. The number of piperidine rings is 1. The van der Waals surface area contributed by atoms with Crippen molar-refractivity contribution in [1.29, 1.82) is 0 Å². The van der Waals surface area contributed by atoms with E-state index in [1.54, 1.807) is 17.0 Å². The van der Waals surface area contributed by atoms with Crippen LogP contribution >= 0.6 is 0 Å². The van der Waals surface area contributed by atoms with Gasteiger partial charge in [-0.3, -0.25) is 4.79 Å². The fraction of sp³-hybridized carbons (Fsp3) is 0.500. The minimum atomic E-state index is -3.96. The standard InChI is InChI=1S/C16H21N3O4S/c1-11-6-4-7-12(2)19(11)16(20)14-10-13(15-8-5-9-23-15)17-24(21,22)18(14)3/h5,8-12H,4,6-7H2,1-3H3/t11-,12+. The lowest BCUT2D eigenvalue weighted by Crippen LogP contribution is -2.50. The van der Waals surface area contributed by atoms with Crippen LogP contribution in [-0.4, -0.2) is 48.4 Å². The van der Waals surface area contributed by atoms with Gasteiger partial charge in [-0.1, -0.05) is 0 Å². The molecule has 0 aromatic carbocycles. The van der Waals surface area contributed by atoms with E-state index in [9.17, 15) is 13.2 Å². The Labute approximate surface area is 141 Å². The molecular formula is C16H21N3O4S. The molecule has 24 heavy (non-hydrogen) atoms. The van der Waals surface area contributed by atoms with E-state index in [1.165, 1.54) is 19.4 Å². The molecule has 1 amide bonds. The van der Waals surface area contributed by atoms with Crippen molar-refractivity contribution in [3.63, 3.8) is 0 Å². The molecule has 0 unspecified atom stereocenters. The molecule has 2 atom stereocenters. The molecule has 3 heterocycles. The van der Waals surface area contributed by atoms with Crippen LogP contribution < -0.4 is 0 Å². The van der Waals surface area contributed by atoms with Crippen LogP contribution in [-0.2, 0) is 15.0 Å². The van der Waals surface area contributed by atoms with Crippen LogP contribution in [0.4, 0.5) is 0 Å². The summed E-state index contributed by atoms with van der Waals surface area (Å²) in [5, 5.41) is 0. The molecule has 0 saturated carbocycles. The van der Waals surface area contributed by atoms with Gasteiger partial charge in [-0.15, -0.1) is 4.40 Å². The summed E-state index contributed by atoms with van der Waals surface area (Å²) in [5.41, 5.74) is 0.232. The number of carbonyl (C=O) groups excluding carboxylic acids is 1. The molecule has 1 fully saturated rings. The summed E-state index contributed by atoms with van der Waals surface area (Å²) >= 11 is 0. The first-order valence-corrected chi connectivity index (χ1v) is 9.38. The largest absolute Gasteiger partial charge is 0.463 e. The third kappa shape index (κ3) is 2.86. The zero-order valence-corrected chi connectivity index (χ0v) is 14.8. The molecular weight excluding hydrogens is 330 g/mol. The van der Waals surface area contributed by atoms with E-state index in [0.29, 0.717) is 5.76 Å². The Morgan fingerprint density at radius 1 is 1.29 bits per heavy atom. The number of rotatable bonds is 2. The Hall–Kier alpha value is -2.09. The maximum absolute atomic E-state index is 13.1. The van der Waals surface area contributed by atoms with Gasteiger partial charge in [0.15, 0.2) is 5.76 Å². The summed E-state index contributed by atoms with van der Waals surface area (Å²) in [6.07, 6.45) is 5.82. The van der Waals surface area contributed by atoms with Crippen LogP contribution in [0.15, 0.2) is 39.0 Å². The van der Waals surface area contributed by atoms with E-state index in [2.05, 4.69) is 4.40 Å². The maximum Gasteiger partial charge on any atom is 0.345 e. The van der Waals surface area contributed by atoms with E-state index < -0.39 is 10.2 Å². The van der Waals surface area contributed by atoms with Gasteiger partial charge in [0.05, 0.1) is 6.26 Å². The number of hydrogen-bond acceptors (Lipinski definition) is 4. The Kier molecular flexibility index (Phi) is 4.25. The number of nitrogens with zero attached hydrogens (tertiary/aromatic N) is 3. The molecule has 0 spiro atoms. The molecule has 1 aromatic heterocycles. The molecule has 8 heteroatoms. The molecule has 0 radical (unpaired) electrons. The van der Waals surface area contributed by atoms with Crippen LogP contribution in [0.5, 0.6) is 0 Å². The highest BCUT2D eigenvalue weighted by atomic mass is 32.2. The number of likely N-dealkylation sites (tertiary alicyclic amines) is 1. The lowest BCUT2D eigenvalue weighted by atomic mass is 9.97. The monoisotopic (exact) mass is 351 g/mol. The number of likely N-dealkylation sites (N-methyl/N-ethyl adjacent to an activating group) is 1. The number of allylic oxidation sites excluding steroid dienone is 1. The van der Waals surface area contributed by atoms with Crippen molar-refractivity contribution in [1.82, 2.24) is 9.21 Å². The molecule has 7 nitrogen and oxygen atoms in total. The summed E-state index contributed by atoms with van der Waals surface area (Å²) in [6.45, 7) is 3.99. The third-order valence-corrected chi connectivity index (χ3v) is 5.91. The van der Waals surface area contributed by atoms with E-state index >= 15 is 0 Å². The summed E-state index contributed by atoms with van der Waals surface area (Å²) in [4.78, 5) is 14.8. The Balaban J connectivity index is 2.01. The zero-order valence-electron chi connectivity index (χ0n) is 14.0. The van der Waals surface area contributed by atoms with Gasteiger partial charge in [0, 0.05) is 19.1 Å². The first-order chi connectivity index (χ1) is 11.3. The van der Waals surface area contributed by atoms with Crippen molar-refractivity contribution in [2.75, 3.05) is 7.05 Å². The Morgan fingerprint density at radius 3 is 2.54 bits per heavy atom. The lowest BCUT2D eigenvalue weighted by Gasteiger charge is -2.40. The highest BCUT2D eigenvalue weighted by molar-refractivity contribution is 7.88. The third-order valence-electron chi connectivity index (χ3n) is 4.59. The van der Waals surface area contributed by atoms with Crippen molar-refractivity contribution in [2.24, 2.45) is 4.40 Å². The minimum absolute atomic E-state index is 0.0733. The summed E-state index contributed by atoms with van der Waals surface area (Å²) in [5.74, 6) is 0.0245. The van der Waals surface area contributed by atoms with Crippen LogP contribution in [0.3, 0.4) is 0 Å². The maximum atomic E-state index is 13.1. The number of hydrogen-bond donors (Lipinski definition) is 0. The van der Waals surface area contributed by atoms with Gasteiger partial charge in [0.25, 0.3) is 5.91 Å². The second kappa shape index (κ2) is 6.08. The second-order valence-corrected chi connectivity index (χ2v) is 7.90. The van der Waals surface area contributed by atoms with Crippen LogP contribution in [0, 0.1) is 0 Å². The van der Waals surface area contributed by atoms with Crippen LogP contribution in [0.25, 0.3) is 0 Å².